The summed E-state index contributed by atoms with van der Waals surface area (Å²) in [4.78, 5) is 12.1. The van der Waals surface area contributed by atoms with Gasteiger partial charge in [-0.15, -0.1) is 0 Å². The van der Waals surface area contributed by atoms with Crippen molar-refractivity contribution in [2.45, 2.75) is 13.3 Å². The molecule has 0 aliphatic rings. The highest BCUT2D eigenvalue weighted by Gasteiger charge is 2.06. The Hall–Kier alpha value is -3.73. The molecule has 0 bridgehead atoms. The number of ether oxygens (including phenoxy) is 3. The highest BCUT2D eigenvalue weighted by Crippen LogP contribution is 2.29. The summed E-state index contributed by atoms with van der Waals surface area (Å²) < 4.78 is 17.2. The van der Waals surface area contributed by atoms with Crippen molar-refractivity contribution in [1.82, 2.24) is 5.32 Å². The summed E-state index contributed by atoms with van der Waals surface area (Å²) in [6.07, 6.45) is 4.10. The van der Waals surface area contributed by atoms with Crippen LogP contribution < -0.4 is 19.5 Å². The van der Waals surface area contributed by atoms with E-state index in [9.17, 15) is 4.79 Å². The number of rotatable bonds is 12. The first-order chi connectivity index (χ1) is 15.7. The monoisotopic (exact) mass is 431 g/mol. The minimum Gasteiger partial charge on any atom is -0.490 e. The van der Waals surface area contributed by atoms with E-state index in [0.29, 0.717) is 37.9 Å². The van der Waals surface area contributed by atoms with Gasteiger partial charge in [0, 0.05) is 12.6 Å². The fourth-order valence-corrected chi connectivity index (χ4v) is 3.05. The van der Waals surface area contributed by atoms with Crippen LogP contribution in [0.2, 0.25) is 0 Å². The van der Waals surface area contributed by atoms with Crippen LogP contribution in [-0.4, -0.2) is 32.3 Å². The molecular formula is C27H29NO4. The van der Waals surface area contributed by atoms with Crippen molar-refractivity contribution < 1.29 is 19.0 Å². The van der Waals surface area contributed by atoms with Gasteiger partial charge in [-0.3, -0.25) is 4.79 Å². The molecule has 0 spiro atoms. The van der Waals surface area contributed by atoms with Crippen LogP contribution in [0.15, 0.2) is 84.9 Å². The Labute approximate surface area is 189 Å². The van der Waals surface area contributed by atoms with Crippen LogP contribution in [-0.2, 0) is 11.2 Å². The van der Waals surface area contributed by atoms with Crippen molar-refractivity contribution in [3.05, 3.63) is 96.1 Å². The molecule has 0 aromatic heterocycles. The molecule has 0 aliphatic heterocycles. The first-order valence-corrected chi connectivity index (χ1v) is 10.8. The Morgan fingerprint density at radius 2 is 1.56 bits per heavy atom. The SMILES string of the molecule is CCOc1cc(/C=C/C(=O)NCCc2ccccc2)ccc1OCCOc1ccccc1. The van der Waals surface area contributed by atoms with Gasteiger partial charge in [-0.1, -0.05) is 54.6 Å². The molecule has 166 valence electrons. The van der Waals surface area contributed by atoms with Gasteiger partial charge in [0.05, 0.1) is 6.61 Å². The number of nitrogens with one attached hydrogen (secondary N) is 1. The second kappa shape index (κ2) is 12.8. The van der Waals surface area contributed by atoms with E-state index in [1.54, 1.807) is 6.08 Å². The highest BCUT2D eigenvalue weighted by atomic mass is 16.5. The minimum atomic E-state index is -0.128. The second-order valence-electron chi connectivity index (χ2n) is 7.01. The van der Waals surface area contributed by atoms with Gasteiger partial charge in [0.25, 0.3) is 0 Å². The average molecular weight is 432 g/mol. The predicted octanol–water partition coefficient (Wildman–Crippen LogP) is 4.92. The van der Waals surface area contributed by atoms with Crippen LogP contribution in [0.4, 0.5) is 0 Å². The second-order valence-corrected chi connectivity index (χ2v) is 7.01. The summed E-state index contributed by atoms with van der Waals surface area (Å²) in [5, 5.41) is 2.90. The Bertz CT molecular complexity index is 987. The van der Waals surface area contributed by atoms with Crippen molar-refractivity contribution >= 4 is 12.0 Å². The fourth-order valence-electron chi connectivity index (χ4n) is 3.05. The van der Waals surface area contributed by atoms with Gasteiger partial charge < -0.3 is 19.5 Å². The number of para-hydroxylation sites is 1. The zero-order valence-electron chi connectivity index (χ0n) is 18.3. The molecule has 0 fully saturated rings. The number of hydrogen-bond donors (Lipinski definition) is 1. The standard InChI is InChI=1S/C27H29NO4/c1-2-30-26-21-23(14-16-27(29)28-18-17-22-9-5-3-6-10-22)13-15-25(26)32-20-19-31-24-11-7-4-8-12-24/h3-16,21H,2,17-20H2,1H3,(H,28,29)/b16-14+. The maximum absolute atomic E-state index is 12.1. The van der Waals surface area contributed by atoms with Crippen molar-refractivity contribution in [2.24, 2.45) is 0 Å². The van der Waals surface area contributed by atoms with Gasteiger partial charge in [-0.25, -0.2) is 0 Å². The normalized spacial score (nSPS) is 10.7. The van der Waals surface area contributed by atoms with Crippen LogP contribution in [0.3, 0.4) is 0 Å². The largest absolute Gasteiger partial charge is 0.490 e. The summed E-state index contributed by atoms with van der Waals surface area (Å²) in [6.45, 7) is 3.86. The van der Waals surface area contributed by atoms with Gasteiger partial charge in [-0.05, 0) is 54.8 Å². The van der Waals surface area contributed by atoms with Crippen LogP contribution in [0.1, 0.15) is 18.1 Å². The van der Waals surface area contributed by atoms with Crippen LogP contribution in [0.25, 0.3) is 6.08 Å². The molecule has 0 saturated heterocycles. The predicted molar refractivity (Wildman–Crippen MR) is 127 cm³/mol. The number of carbonyl (C=O) groups is 1. The molecule has 5 heteroatoms. The molecule has 0 heterocycles. The lowest BCUT2D eigenvalue weighted by atomic mass is 10.1. The number of hydrogen-bond acceptors (Lipinski definition) is 4. The van der Waals surface area contributed by atoms with Crippen molar-refractivity contribution in [3.63, 3.8) is 0 Å². The molecule has 0 radical (unpaired) electrons. The summed E-state index contributed by atoms with van der Waals surface area (Å²) in [7, 11) is 0. The molecule has 1 N–H and O–H groups in total. The van der Waals surface area contributed by atoms with Crippen molar-refractivity contribution in [2.75, 3.05) is 26.4 Å². The summed E-state index contributed by atoms with van der Waals surface area (Å²) in [5.74, 6) is 1.97. The molecule has 3 aromatic carbocycles. The molecular weight excluding hydrogens is 402 g/mol. The molecule has 3 rings (SSSR count). The van der Waals surface area contributed by atoms with Crippen molar-refractivity contribution in [1.29, 1.82) is 0 Å². The van der Waals surface area contributed by atoms with Gasteiger partial charge in [0.2, 0.25) is 5.91 Å². The third kappa shape index (κ3) is 7.84. The Balaban J connectivity index is 1.48. The van der Waals surface area contributed by atoms with Crippen LogP contribution >= 0.6 is 0 Å². The number of carbonyl (C=O) groups excluding carboxylic acids is 1. The fraction of sp³-hybridized carbons (Fsp3) is 0.222. The molecule has 0 saturated carbocycles. The zero-order valence-corrected chi connectivity index (χ0v) is 18.3. The molecule has 5 nitrogen and oxygen atoms in total. The molecule has 0 unspecified atom stereocenters. The number of benzene rings is 3. The molecule has 3 aromatic rings. The summed E-state index contributed by atoms with van der Waals surface area (Å²) in [6, 6.07) is 25.3. The maximum atomic E-state index is 12.1. The van der Waals surface area contributed by atoms with Gasteiger partial charge in [0.15, 0.2) is 11.5 Å². The molecule has 32 heavy (non-hydrogen) atoms. The Kier molecular flexibility index (Phi) is 9.21. The topological polar surface area (TPSA) is 56.8 Å². The smallest absolute Gasteiger partial charge is 0.244 e. The molecule has 1 amide bonds. The van der Waals surface area contributed by atoms with E-state index in [1.807, 2.05) is 73.7 Å². The van der Waals surface area contributed by atoms with E-state index in [1.165, 1.54) is 11.6 Å². The van der Waals surface area contributed by atoms with Crippen LogP contribution in [0, 0.1) is 0 Å². The average Bonchev–Trinajstić information content (AvgIpc) is 2.83. The third-order valence-corrected chi connectivity index (χ3v) is 4.60. The Morgan fingerprint density at radius 3 is 2.31 bits per heavy atom. The lowest BCUT2D eigenvalue weighted by Gasteiger charge is -2.13. The minimum absolute atomic E-state index is 0.128. The van der Waals surface area contributed by atoms with E-state index in [-0.39, 0.29) is 5.91 Å². The third-order valence-electron chi connectivity index (χ3n) is 4.60. The maximum Gasteiger partial charge on any atom is 0.244 e. The van der Waals surface area contributed by atoms with E-state index >= 15 is 0 Å². The molecule has 0 aliphatic carbocycles. The van der Waals surface area contributed by atoms with Gasteiger partial charge in [-0.2, -0.15) is 0 Å². The van der Waals surface area contributed by atoms with Gasteiger partial charge >= 0.3 is 0 Å². The lowest BCUT2D eigenvalue weighted by Crippen LogP contribution is -2.23. The molecule has 0 atom stereocenters. The van der Waals surface area contributed by atoms with Crippen molar-refractivity contribution in [3.8, 4) is 17.2 Å². The summed E-state index contributed by atoms with van der Waals surface area (Å²) in [5.41, 5.74) is 2.06. The van der Waals surface area contributed by atoms with E-state index < -0.39 is 0 Å². The first kappa shape index (κ1) is 22.9. The van der Waals surface area contributed by atoms with Crippen LogP contribution in [0.5, 0.6) is 17.2 Å². The van der Waals surface area contributed by atoms with E-state index in [4.69, 9.17) is 14.2 Å². The number of amides is 1. The van der Waals surface area contributed by atoms with Gasteiger partial charge in [0.1, 0.15) is 19.0 Å². The van der Waals surface area contributed by atoms with E-state index in [0.717, 1.165) is 17.7 Å². The van der Waals surface area contributed by atoms with E-state index in [2.05, 4.69) is 17.4 Å². The highest BCUT2D eigenvalue weighted by molar-refractivity contribution is 5.91. The Morgan fingerprint density at radius 1 is 0.844 bits per heavy atom. The first-order valence-electron chi connectivity index (χ1n) is 10.8. The quantitative estimate of drug-likeness (QED) is 0.327. The lowest BCUT2D eigenvalue weighted by molar-refractivity contribution is -0.116. The summed E-state index contributed by atoms with van der Waals surface area (Å²) >= 11 is 0. The zero-order chi connectivity index (χ0) is 22.4.